The van der Waals surface area contributed by atoms with Crippen molar-refractivity contribution in [3.63, 3.8) is 0 Å². The number of hydrogen-bond acceptors (Lipinski definition) is 4. The number of halogens is 1. The topological polar surface area (TPSA) is 91.4 Å². The molecular formula is C22H24FN5O2. The van der Waals surface area contributed by atoms with Gasteiger partial charge in [-0.2, -0.15) is 5.10 Å². The molecule has 0 radical (unpaired) electrons. The van der Waals surface area contributed by atoms with Gasteiger partial charge in [0.15, 0.2) is 5.82 Å². The smallest absolute Gasteiger partial charge is 0.261 e. The third-order valence-electron chi connectivity index (χ3n) is 4.01. The lowest BCUT2D eigenvalue weighted by atomic mass is 10.1. The van der Waals surface area contributed by atoms with Gasteiger partial charge in [-0.1, -0.05) is 12.1 Å². The fourth-order valence-electron chi connectivity index (χ4n) is 2.71. The van der Waals surface area contributed by atoms with Crippen molar-refractivity contribution >= 4 is 17.7 Å². The number of nitrogens with one attached hydrogen (secondary N) is 3. The van der Waals surface area contributed by atoms with Crippen LogP contribution in [-0.4, -0.2) is 34.7 Å². The van der Waals surface area contributed by atoms with Crippen LogP contribution in [0.4, 0.5) is 10.2 Å². The summed E-state index contributed by atoms with van der Waals surface area (Å²) in [5.41, 5.74) is 1.41. The number of methoxy groups -OCH3 is 1. The van der Waals surface area contributed by atoms with Crippen molar-refractivity contribution in [2.24, 2.45) is 4.99 Å². The predicted molar refractivity (Wildman–Crippen MR) is 115 cm³/mol. The van der Waals surface area contributed by atoms with Crippen LogP contribution in [0.3, 0.4) is 0 Å². The first-order valence-corrected chi connectivity index (χ1v) is 9.38. The number of anilines is 1. The summed E-state index contributed by atoms with van der Waals surface area (Å²) in [6.07, 6.45) is 0. The standard InChI is InChI=1S/C22H24FN5O2/c1-22(2,3)26-21(25-20(29)16-7-5-6-8-18(16)30-4)24-19-13-17(27-28-19)14-9-11-15(23)12-10-14/h5-13H,1-4H3,(H3,24,25,26,27,28,29). The summed E-state index contributed by atoms with van der Waals surface area (Å²) in [5.74, 6) is 0.490. The average molecular weight is 409 g/mol. The minimum atomic E-state index is -0.452. The first-order valence-electron chi connectivity index (χ1n) is 9.38. The number of aromatic nitrogens is 2. The number of benzene rings is 2. The zero-order valence-corrected chi connectivity index (χ0v) is 17.3. The van der Waals surface area contributed by atoms with E-state index >= 15 is 0 Å². The molecule has 0 aliphatic carbocycles. The maximum Gasteiger partial charge on any atom is 0.261 e. The molecule has 3 aromatic rings. The maximum absolute atomic E-state index is 13.1. The molecule has 0 spiro atoms. The van der Waals surface area contributed by atoms with Crippen molar-refractivity contribution in [2.45, 2.75) is 26.3 Å². The number of ether oxygens (including phenoxy) is 1. The zero-order chi connectivity index (χ0) is 21.7. The molecule has 7 nitrogen and oxygen atoms in total. The van der Waals surface area contributed by atoms with Gasteiger partial charge in [0.1, 0.15) is 11.6 Å². The largest absolute Gasteiger partial charge is 0.496 e. The molecule has 2 aromatic carbocycles. The lowest BCUT2D eigenvalue weighted by Crippen LogP contribution is -2.38. The van der Waals surface area contributed by atoms with Gasteiger partial charge in [0.2, 0.25) is 5.96 Å². The Balaban J connectivity index is 1.82. The molecular weight excluding hydrogens is 385 g/mol. The molecule has 30 heavy (non-hydrogen) atoms. The molecule has 0 aliphatic rings. The number of hydrogen-bond donors (Lipinski definition) is 3. The van der Waals surface area contributed by atoms with Gasteiger partial charge in [0.25, 0.3) is 5.91 Å². The molecule has 0 atom stereocenters. The third-order valence-corrected chi connectivity index (χ3v) is 4.01. The van der Waals surface area contributed by atoms with Gasteiger partial charge in [-0.3, -0.25) is 15.2 Å². The minimum absolute atomic E-state index is 0.246. The Labute approximate surface area is 174 Å². The summed E-state index contributed by atoms with van der Waals surface area (Å²) in [6, 6.07) is 14.7. The van der Waals surface area contributed by atoms with Crippen molar-refractivity contribution < 1.29 is 13.9 Å². The van der Waals surface area contributed by atoms with Crippen molar-refractivity contribution in [1.82, 2.24) is 15.5 Å². The molecule has 156 valence electrons. The molecule has 0 saturated carbocycles. The number of para-hydroxylation sites is 1. The normalized spacial score (nSPS) is 11.8. The summed E-state index contributed by atoms with van der Waals surface area (Å²) < 4.78 is 18.4. The Morgan fingerprint density at radius 1 is 1.13 bits per heavy atom. The number of carbonyl (C=O) groups is 1. The van der Waals surface area contributed by atoms with Crippen molar-refractivity contribution in [3.05, 3.63) is 66.0 Å². The Morgan fingerprint density at radius 2 is 1.83 bits per heavy atom. The first-order chi connectivity index (χ1) is 14.2. The molecule has 3 rings (SSSR count). The van der Waals surface area contributed by atoms with Gasteiger partial charge in [0, 0.05) is 6.07 Å². The van der Waals surface area contributed by atoms with Crippen molar-refractivity contribution in [2.75, 3.05) is 12.4 Å². The molecule has 0 bridgehead atoms. The summed E-state index contributed by atoms with van der Waals surface area (Å²) in [4.78, 5) is 17.3. The van der Waals surface area contributed by atoms with Gasteiger partial charge in [0.05, 0.1) is 23.9 Å². The van der Waals surface area contributed by atoms with Gasteiger partial charge in [-0.25, -0.2) is 9.38 Å². The molecule has 3 N–H and O–H groups in total. The van der Waals surface area contributed by atoms with Gasteiger partial charge < -0.3 is 10.1 Å². The highest BCUT2D eigenvalue weighted by Gasteiger charge is 2.17. The number of nitrogens with zero attached hydrogens (tertiary/aromatic N) is 2. The van der Waals surface area contributed by atoms with Gasteiger partial charge in [-0.05, 0) is 62.7 Å². The lowest BCUT2D eigenvalue weighted by Gasteiger charge is -2.17. The van der Waals surface area contributed by atoms with E-state index in [0.717, 1.165) is 5.56 Å². The third kappa shape index (κ3) is 5.44. The van der Waals surface area contributed by atoms with E-state index in [1.54, 1.807) is 42.5 Å². The summed E-state index contributed by atoms with van der Waals surface area (Å²) in [5, 5.41) is 12.9. The number of aromatic amines is 1. The average Bonchev–Trinajstić information content (AvgIpc) is 3.15. The second-order valence-corrected chi connectivity index (χ2v) is 7.58. The second kappa shape index (κ2) is 8.77. The highest BCUT2D eigenvalue weighted by atomic mass is 19.1. The van der Waals surface area contributed by atoms with E-state index in [2.05, 4.69) is 25.8 Å². The molecule has 1 aromatic heterocycles. The lowest BCUT2D eigenvalue weighted by molar-refractivity contribution is 0.0974. The van der Waals surface area contributed by atoms with Crippen LogP contribution < -0.4 is 15.4 Å². The van der Waals surface area contributed by atoms with E-state index in [1.807, 2.05) is 20.8 Å². The summed E-state index contributed by atoms with van der Waals surface area (Å²) in [7, 11) is 1.51. The number of H-pyrrole nitrogens is 1. The number of carbonyl (C=O) groups excluding carboxylic acids is 1. The van der Waals surface area contributed by atoms with Crippen LogP contribution in [-0.2, 0) is 0 Å². The van der Waals surface area contributed by atoms with Crippen LogP contribution in [0.2, 0.25) is 0 Å². The molecule has 1 amide bonds. The summed E-state index contributed by atoms with van der Waals surface area (Å²) in [6.45, 7) is 5.75. The molecule has 0 saturated heterocycles. The first kappa shape index (κ1) is 21.0. The molecule has 8 heteroatoms. The summed E-state index contributed by atoms with van der Waals surface area (Å²) >= 11 is 0. The maximum atomic E-state index is 13.1. The van der Waals surface area contributed by atoms with Gasteiger partial charge >= 0.3 is 0 Å². The number of guanidine groups is 1. The highest BCUT2D eigenvalue weighted by Crippen LogP contribution is 2.21. The van der Waals surface area contributed by atoms with E-state index in [0.29, 0.717) is 22.8 Å². The fraction of sp³-hybridized carbons (Fsp3) is 0.227. The molecule has 0 aliphatic heterocycles. The van der Waals surface area contributed by atoms with E-state index in [4.69, 9.17) is 4.74 Å². The quantitative estimate of drug-likeness (QED) is 0.444. The number of amides is 1. The molecule has 0 fully saturated rings. The Morgan fingerprint density at radius 3 is 2.50 bits per heavy atom. The number of aliphatic imine (C=N–C) groups is 1. The highest BCUT2D eigenvalue weighted by molar-refractivity contribution is 6.11. The Hall–Kier alpha value is -3.68. The second-order valence-electron chi connectivity index (χ2n) is 7.58. The van der Waals surface area contributed by atoms with E-state index in [1.165, 1.54) is 19.2 Å². The van der Waals surface area contributed by atoms with Crippen LogP contribution in [0.5, 0.6) is 5.75 Å². The molecule has 0 unspecified atom stereocenters. The van der Waals surface area contributed by atoms with Crippen LogP contribution in [0, 0.1) is 5.82 Å². The minimum Gasteiger partial charge on any atom is -0.496 e. The van der Waals surface area contributed by atoms with E-state index in [9.17, 15) is 9.18 Å². The van der Waals surface area contributed by atoms with Crippen molar-refractivity contribution in [1.29, 1.82) is 0 Å². The monoisotopic (exact) mass is 409 g/mol. The van der Waals surface area contributed by atoms with E-state index < -0.39 is 5.54 Å². The predicted octanol–water partition coefficient (Wildman–Crippen LogP) is 4.22. The number of rotatable bonds is 4. The fourth-order valence-corrected chi connectivity index (χ4v) is 2.71. The SMILES string of the molecule is COc1ccccc1C(=O)NC(=NC(C)(C)C)Nc1cc(-c2ccc(F)cc2)[nH]n1. The van der Waals surface area contributed by atoms with Crippen LogP contribution in [0.15, 0.2) is 59.6 Å². The van der Waals surface area contributed by atoms with Crippen molar-refractivity contribution in [3.8, 4) is 17.0 Å². The molecule has 1 heterocycles. The van der Waals surface area contributed by atoms with Crippen LogP contribution in [0.1, 0.15) is 31.1 Å². The van der Waals surface area contributed by atoms with E-state index in [-0.39, 0.29) is 17.7 Å². The van der Waals surface area contributed by atoms with Crippen LogP contribution in [0.25, 0.3) is 11.3 Å². The van der Waals surface area contributed by atoms with Crippen LogP contribution >= 0.6 is 0 Å². The Bertz CT molecular complexity index is 1050. The Kier molecular flexibility index (Phi) is 6.15. The zero-order valence-electron chi connectivity index (χ0n) is 17.3. The van der Waals surface area contributed by atoms with Gasteiger partial charge in [-0.15, -0.1) is 0 Å².